The Balaban J connectivity index is 2.06. The molecule has 26 heavy (non-hydrogen) atoms. The summed E-state index contributed by atoms with van der Waals surface area (Å²) in [5, 5.41) is 50.5. The normalized spacial score (nSPS) is 16.2. The van der Waals surface area contributed by atoms with Gasteiger partial charge in [0.05, 0.1) is 18.5 Å². The molecule has 2 rings (SSSR count). The predicted octanol–water partition coefficient (Wildman–Crippen LogP) is -1.73. The van der Waals surface area contributed by atoms with Gasteiger partial charge in [-0.05, 0) is 0 Å². The van der Waals surface area contributed by atoms with Crippen LogP contribution < -0.4 is 11.0 Å². The summed E-state index contributed by atoms with van der Waals surface area (Å²) >= 11 is 0. The number of hydrogen-bond acceptors (Lipinski definition) is 9. The smallest absolute Gasteiger partial charge is 0.252 e. The van der Waals surface area contributed by atoms with E-state index in [0.717, 1.165) is 11.8 Å². The van der Waals surface area contributed by atoms with Crippen LogP contribution in [-0.2, 0) is 0 Å². The first kappa shape index (κ1) is 19.7. The summed E-state index contributed by atoms with van der Waals surface area (Å²) in [6.07, 6.45) is -5.93. The van der Waals surface area contributed by atoms with Gasteiger partial charge in [0.15, 0.2) is 0 Å². The standard InChI is InChI=1S/C16H20N4O6/c21-8-12(23)15(26)14(25)11(22)7-17-20-16-18-10(6-13(24)19-16)9-4-2-1-3-5-9/h1-7,11-12,14-15,21-23,25-26H,8H2,(H2,18,19,20,24)/b17-7+/t11-,12-,14-,15-/m1/s1. The van der Waals surface area contributed by atoms with Crippen LogP contribution in [0.4, 0.5) is 5.95 Å². The van der Waals surface area contributed by atoms with Crippen molar-refractivity contribution in [3.63, 3.8) is 0 Å². The third kappa shape index (κ3) is 5.18. The fourth-order valence-corrected chi connectivity index (χ4v) is 2.07. The van der Waals surface area contributed by atoms with Crippen LogP contribution in [0.2, 0.25) is 0 Å². The molecule has 0 unspecified atom stereocenters. The summed E-state index contributed by atoms with van der Waals surface area (Å²) in [6, 6.07) is 10.3. The van der Waals surface area contributed by atoms with Crippen LogP contribution in [0, 0.1) is 0 Å². The Bertz CT molecular complexity index is 782. The highest BCUT2D eigenvalue weighted by Gasteiger charge is 2.29. The van der Waals surface area contributed by atoms with Gasteiger partial charge < -0.3 is 25.5 Å². The maximum atomic E-state index is 11.7. The molecule has 0 saturated heterocycles. The van der Waals surface area contributed by atoms with E-state index in [1.165, 1.54) is 6.07 Å². The number of aromatic nitrogens is 2. The van der Waals surface area contributed by atoms with E-state index in [4.69, 9.17) is 5.11 Å². The molecule has 1 heterocycles. The first-order chi connectivity index (χ1) is 12.4. The Morgan fingerprint density at radius 1 is 1.15 bits per heavy atom. The fourth-order valence-electron chi connectivity index (χ4n) is 2.07. The van der Waals surface area contributed by atoms with E-state index in [1.807, 2.05) is 6.07 Å². The molecule has 0 amide bonds. The number of nitrogens with one attached hydrogen (secondary N) is 2. The maximum Gasteiger partial charge on any atom is 0.252 e. The molecule has 0 fully saturated rings. The molecule has 0 aliphatic heterocycles. The molecular formula is C16H20N4O6. The Morgan fingerprint density at radius 2 is 1.85 bits per heavy atom. The second-order valence-corrected chi connectivity index (χ2v) is 5.46. The number of hydrogen-bond donors (Lipinski definition) is 7. The first-order valence-corrected chi connectivity index (χ1v) is 7.71. The Kier molecular flexibility index (Phi) is 6.95. The summed E-state index contributed by atoms with van der Waals surface area (Å²) in [5.74, 6) is 0.00485. The Labute approximate surface area is 148 Å². The Hall–Kier alpha value is -2.63. The SMILES string of the molecule is O=c1cc(-c2ccccc2)nc(N/N=C/[C@@H](O)[C@@H](O)[C@H](O)[C@H](O)CO)[nH]1. The van der Waals surface area contributed by atoms with E-state index in [1.54, 1.807) is 24.3 Å². The number of benzene rings is 1. The van der Waals surface area contributed by atoms with Gasteiger partial charge in [0, 0.05) is 11.6 Å². The van der Waals surface area contributed by atoms with E-state index < -0.39 is 36.6 Å². The molecule has 140 valence electrons. The average Bonchev–Trinajstić information content (AvgIpc) is 2.66. The number of aliphatic hydroxyl groups is 5. The van der Waals surface area contributed by atoms with Crippen molar-refractivity contribution in [2.75, 3.05) is 12.0 Å². The van der Waals surface area contributed by atoms with Crippen molar-refractivity contribution < 1.29 is 25.5 Å². The molecule has 1 aromatic heterocycles. The van der Waals surface area contributed by atoms with Gasteiger partial charge in [-0.2, -0.15) is 5.10 Å². The molecule has 0 bridgehead atoms. The minimum Gasteiger partial charge on any atom is -0.394 e. The molecule has 10 heteroatoms. The van der Waals surface area contributed by atoms with Crippen LogP contribution in [0.3, 0.4) is 0 Å². The number of hydrazone groups is 1. The van der Waals surface area contributed by atoms with Crippen LogP contribution in [-0.4, -0.2) is 72.7 Å². The molecule has 2 aromatic rings. The average molecular weight is 364 g/mol. The highest BCUT2D eigenvalue weighted by Crippen LogP contribution is 2.15. The van der Waals surface area contributed by atoms with Gasteiger partial charge in [-0.1, -0.05) is 30.3 Å². The molecule has 0 spiro atoms. The third-order valence-electron chi connectivity index (χ3n) is 3.49. The first-order valence-electron chi connectivity index (χ1n) is 7.71. The van der Waals surface area contributed by atoms with Crippen LogP contribution in [0.25, 0.3) is 11.3 Å². The van der Waals surface area contributed by atoms with Crippen molar-refractivity contribution in [1.29, 1.82) is 0 Å². The lowest BCUT2D eigenvalue weighted by Crippen LogP contribution is -2.46. The topological polar surface area (TPSA) is 171 Å². The second-order valence-electron chi connectivity index (χ2n) is 5.46. The van der Waals surface area contributed by atoms with Crippen LogP contribution in [0.5, 0.6) is 0 Å². The number of anilines is 1. The predicted molar refractivity (Wildman–Crippen MR) is 93.5 cm³/mol. The zero-order valence-corrected chi connectivity index (χ0v) is 13.6. The number of H-pyrrole nitrogens is 1. The van der Waals surface area contributed by atoms with Gasteiger partial charge in [-0.3, -0.25) is 9.78 Å². The summed E-state index contributed by atoms with van der Waals surface area (Å²) in [4.78, 5) is 18.3. The number of nitrogens with zero attached hydrogens (tertiary/aromatic N) is 2. The third-order valence-corrected chi connectivity index (χ3v) is 3.49. The van der Waals surface area contributed by atoms with E-state index in [9.17, 15) is 25.2 Å². The molecule has 1 aromatic carbocycles. The molecule has 7 N–H and O–H groups in total. The summed E-state index contributed by atoms with van der Waals surface area (Å²) < 4.78 is 0. The molecule has 0 saturated carbocycles. The van der Waals surface area contributed by atoms with Crippen LogP contribution in [0.15, 0.2) is 46.3 Å². The number of aliphatic hydroxyl groups excluding tert-OH is 5. The largest absolute Gasteiger partial charge is 0.394 e. The van der Waals surface area contributed by atoms with Crippen LogP contribution >= 0.6 is 0 Å². The van der Waals surface area contributed by atoms with Gasteiger partial charge in [-0.15, -0.1) is 0 Å². The molecule has 0 aliphatic rings. The highest BCUT2D eigenvalue weighted by molar-refractivity contribution is 5.65. The van der Waals surface area contributed by atoms with E-state index in [0.29, 0.717) is 5.69 Å². The van der Waals surface area contributed by atoms with Gasteiger partial charge >= 0.3 is 0 Å². The summed E-state index contributed by atoms with van der Waals surface area (Å²) in [7, 11) is 0. The fraction of sp³-hybridized carbons (Fsp3) is 0.312. The van der Waals surface area contributed by atoms with E-state index in [2.05, 4.69) is 20.5 Å². The van der Waals surface area contributed by atoms with Gasteiger partial charge in [0.1, 0.15) is 24.4 Å². The Morgan fingerprint density at radius 3 is 2.50 bits per heavy atom. The molecule has 10 nitrogen and oxygen atoms in total. The quantitative estimate of drug-likeness (QED) is 0.214. The van der Waals surface area contributed by atoms with Crippen molar-refractivity contribution in [1.82, 2.24) is 9.97 Å². The van der Waals surface area contributed by atoms with Crippen molar-refractivity contribution >= 4 is 12.2 Å². The van der Waals surface area contributed by atoms with Crippen molar-refractivity contribution in [2.45, 2.75) is 24.4 Å². The van der Waals surface area contributed by atoms with E-state index in [-0.39, 0.29) is 5.95 Å². The molecule has 0 aliphatic carbocycles. The zero-order chi connectivity index (χ0) is 19.1. The minimum atomic E-state index is -1.77. The van der Waals surface area contributed by atoms with Crippen molar-refractivity contribution in [3.8, 4) is 11.3 Å². The number of rotatable bonds is 8. The number of aromatic amines is 1. The summed E-state index contributed by atoms with van der Waals surface area (Å²) in [5.41, 5.74) is 3.12. The highest BCUT2D eigenvalue weighted by atomic mass is 16.4. The lowest BCUT2D eigenvalue weighted by Gasteiger charge is -2.23. The van der Waals surface area contributed by atoms with E-state index >= 15 is 0 Å². The van der Waals surface area contributed by atoms with Crippen molar-refractivity contribution in [3.05, 3.63) is 46.8 Å². The van der Waals surface area contributed by atoms with Gasteiger partial charge in [0.25, 0.3) is 5.56 Å². The monoisotopic (exact) mass is 364 g/mol. The maximum absolute atomic E-state index is 11.7. The second kappa shape index (κ2) is 9.17. The van der Waals surface area contributed by atoms with Crippen molar-refractivity contribution in [2.24, 2.45) is 5.10 Å². The van der Waals surface area contributed by atoms with Gasteiger partial charge in [0.2, 0.25) is 5.95 Å². The van der Waals surface area contributed by atoms with Crippen LogP contribution in [0.1, 0.15) is 0 Å². The van der Waals surface area contributed by atoms with Gasteiger partial charge in [-0.25, -0.2) is 10.4 Å². The minimum absolute atomic E-state index is 0.00485. The molecule has 4 atom stereocenters. The molecular weight excluding hydrogens is 344 g/mol. The zero-order valence-electron chi connectivity index (χ0n) is 13.6. The lowest BCUT2D eigenvalue weighted by molar-refractivity contribution is -0.0999. The lowest BCUT2D eigenvalue weighted by atomic mass is 10.0. The summed E-state index contributed by atoms with van der Waals surface area (Å²) in [6.45, 7) is -0.780. The molecule has 0 radical (unpaired) electrons.